The number of nitrogen functional groups attached to an aromatic ring is 1. The van der Waals surface area contributed by atoms with Gasteiger partial charge >= 0.3 is 0 Å². The lowest BCUT2D eigenvalue weighted by molar-refractivity contribution is -0.000246. The van der Waals surface area contributed by atoms with E-state index in [1.807, 2.05) is 0 Å². The average Bonchev–Trinajstić information content (AvgIpc) is 3.09. The SMILES string of the molecule is CN=C(C(=CN)NC(=O)c1nc(-c2cccc(F)c2F)sc1N)[C@@H]1CC[C@@H](N)[C@@H](OC)CO1. The lowest BCUT2D eigenvalue weighted by Crippen LogP contribution is -2.38. The number of benzene rings is 1. The minimum Gasteiger partial charge on any atom is -0.403 e. The molecule has 0 aliphatic carbocycles. The van der Waals surface area contributed by atoms with Crippen molar-refractivity contribution in [1.82, 2.24) is 10.3 Å². The maximum absolute atomic E-state index is 14.1. The second kappa shape index (κ2) is 10.8. The van der Waals surface area contributed by atoms with Gasteiger partial charge in [-0.1, -0.05) is 17.4 Å². The van der Waals surface area contributed by atoms with Crippen molar-refractivity contribution in [2.45, 2.75) is 31.1 Å². The monoisotopic (exact) mass is 480 g/mol. The third kappa shape index (κ3) is 5.36. The number of aromatic nitrogens is 1. The number of anilines is 1. The predicted octanol–water partition coefficient (Wildman–Crippen LogP) is 1.79. The molecule has 1 saturated heterocycles. The van der Waals surface area contributed by atoms with Crippen molar-refractivity contribution in [3.05, 3.63) is 47.4 Å². The predicted molar refractivity (Wildman–Crippen MR) is 123 cm³/mol. The summed E-state index contributed by atoms with van der Waals surface area (Å²) in [6.45, 7) is 0.259. The lowest BCUT2D eigenvalue weighted by Gasteiger charge is -2.20. The van der Waals surface area contributed by atoms with Crippen LogP contribution >= 0.6 is 11.3 Å². The van der Waals surface area contributed by atoms with Crippen LogP contribution < -0.4 is 22.5 Å². The topological polar surface area (TPSA) is 151 Å². The Morgan fingerprint density at radius 1 is 1.39 bits per heavy atom. The molecule has 3 atom stereocenters. The van der Waals surface area contributed by atoms with Crippen molar-refractivity contribution in [1.29, 1.82) is 0 Å². The van der Waals surface area contributed by atoms with Gasteiger partial charge in [-0.25, -0.2) is 13.8 Å². The van der Waals surface area contributed by atoms with Crippen LogP contribution in [0.5, 0.6) is 0 Å². The number of hydrogen-bond donors (Lipinski definition) is 4. The Bertz CT molecular complexity index is 1070. The van der Waals surface area contributed by atoms with Gasteiger partial charge in [0.15, 0.2) is 17.3 Å². The second-order valence-electron chi connectivity index (χ2n) is 7.31. The highest BCUT2D eigenvalue weighted by molar-refractivity contribution is 7.19. The van der Waals surface area contributed by atoms with Gasteiger partial charge in [0.2, 0.25) is 0 Å². The van der Waals surface area contributed by atoms with Gasteiger partial charge in [0, 0.05) is 32.0 Å². The molecule has 7 N–H and O–H groups in total. The Morgan fingerprint density at radius 2 is 2.15 bits per heavy atom. The van der Waals surface area contributed by atoms with Crippen LogP contribution in [0.15, 0.2) is 35.1 Å². The fraction of sp³-hybridized carbons (Fsp3) is 0.381. The van der Waals surface area contributed by atoms with Gasteiger partial charge in [-0.3, -0.25) is 9.79 Å². The average molecular weight is 481 g/mol. The molecule has 1 aliphatic heterocycles. The molecule has 0 radical (unpaired) electrons. The van der Waals surface area contributed by atoms with Crippen LogP contribution in [0, 0.1) is 11.6 Å². The van der Waals surface area contributed by atoms with Crippen LogP contribution in [0.2, 0.25) is 0 Å². The highest BCUT2D eigenvalue weighted by atomic mass is 32.1. The van der Waals surface area contributed by atoms with E-state index < -0.39 is 23.6 Å². The molecule has 178 valence electrons. The molecule has 1 amide bonds. The van der Waals surface area contributed by atoms with Crippen LogP contribution in [0.3, 0.4) is 0 Å². The Kier molecular flexibility index (Phi) is 8.08. The minimum atomic E-state index is -1.07. The number of nitrogens with zero attached hydrogens (tertiary/aromatic N) is 2. The van der Waals surface area contributed by atoms with Gasteiger partial charge in [-0.15, -0.1) is 0 Å². The smallest absolute Gasteiger partial charge is 0.277 e. The number of aliphatic imine (C=N–C) groups is 1. The molecule has 12 heteroatoms. The molecule has 2 heterocycles. The van der Waals surface area contributed by atoms with Crippen LogP contribution in [0.4, 0.5) is 13.8 Å². The van der Waals surface area contributed by atoms with Crippen molar-refractivity contribution < 1.29 is 23.0 Å². The largest absolute Gasteiger partial charge is 0.403 e. The molecule has 0 bridgehead atoms. The number of carbonyl (C=O) groups excluding carboxylic acids is 1. The summed E-state index contributed by atoms with van der Waals surface area (Å²) in [6, 6.07) is 3.49. The van der Waals surface area contributed by atoms with Crippen LogP contribution in [-0.2, 0) is 9.47 Å². The number of halogens is 2. The number of methoxy groups -OCH3 is 1. The molecule has 0 spiro atoms. The molecule has 3 rings (SSSR count). The normalized spacial score (nSPS) is 22.2. The number of nitrogens with one attached hydrogen (secondary N) is 1. The number of nitrogens with two attached hydrogens (primary N) is 3. The molecule has 33 heavy (non-hydrogen) atoms. The molecule has 2 aromatic rings. The molecular weight excluding hydrogens is 454 g/mol. The third-order valence-corrected chi connectivity index (χ3v) is 6.21. The van der Waals surface area contributed by atoms with Crippen molar-refractivity contribution in [3.63, 3.8) is 0 Å². The van der Waals surface area contributed by atoms with E-state index in [4.69, 9.17) is 26.7 Å². The highest BCUT2D eigenvalue weighted by Gasteiger charge is 2.30. The first-order valence-electron chi connectivity index (χ1n) is 10.1. The lowest BCUT2D eigenvalue weighted by atomic mass is 10.0. The van der Waals surface area contributed by atoms with E-state index >= 15 is 0 Å². The van der Waals surface area contributed by atoms with Gasteiger partial charge in [0.05, 0.1) is 24.1 Å². The van der Waals surface area contributed by atoms with Gasteiger partial charge in [-0.2, -0.15) is 0 Å². The van der Waals surface area contributed by atoms with E-state index in [0.29, 0.717) is 18.6 Å². The van der Waals surface area contributed by atoms with E-state index in [0.717, 1.165) is 17.4 Å². The van der Waals surface area contributed by atoms with Gasteiger partial charge in [0.25, 0.3) is 5.91 Å². The number of ether oxygens (including phenoxy) is 2. The van der Waals surface area contributed by atoms with E-state index in [9.17, 15) is 13.6 Å². The van der Waals surface area contributed by atoms with E-state index in [-0.39, 0.29) is 45.7 Å². The zero-order valence-corrected chi connectivity index (χ0v) is 19.0. The van der Waals surface area contributed by atoms with Gasteiger partial charge < -0.3 is 32.0 Å². The molecule has 1 fully saturated rings. The van der Waals surface area contributed by atoms with Gasteiger partial charge in [-0.05, 0) is 25.0 Å². The summed E-state index contributed by atoms with van der Waals surface area (Å²) in [4.78, 5) is 21.3. The summed E-state index contributed by atoms with van der Waals surface area (Å²) < 4.78 is 39.0. The molecule has 0 saturated carbocycles. The van der Waals surface area contributed by atoms with Crippen LogP contribution in [0.25, 0.3) is 10.6 Å². The quantitative estimate of drug-likeness (QED) is 0.460. The maximum atomic E-state index is 14.1. The van der Waals surface area contributed by atoms with Crippen molar-refractivity contribution >= 4 is 28.0 Å². The first-order chi connectivity index (χ1) is 15.8. The number of rotatable bonds is 6. The first-order valence-corrected chi connectivity index (χ1v) is 10.9. The maximum Gasteiger partial charge on any atom is 0.277 e. The van der Waals surface area contributed by atoms with Crippen LogP contribution in [-0.4, -0.2) is 55.6 Å². The van der Waals surface area contributed by atoms with Crippen LogP contribution in [0.1, 0.15) is 23.3 Å². The van der Waals surface area contributed by atoms with E-state index in [1.165, 1.54) is 18.3 Å². The fourth-order valence-electron chi connectivity index (χ4n) is 3.50. The Labute approximate surface area is 193 Å². The van der Waals surface area contributed by atoms with Crippen molar-refractivity contribution in [2.75, 3.05) is 26.5 Å². The van der Waals surface area contributed by atoms with E-state index in [2.05, 4.69) is 15.3 Å². The summed E-state index contributed by atoms with van der Waals surface area (Å²) in [7, 11) is 3.12. The van der Waals surface area contributed by atoms with Gasteiger partial charge in [0.1, 0.15) is 16.1 Å². The molecule has 1 aromatic heterocycles. The highest BCUT2D eigenvalue weighted by Crippen LogP contribution is 2.32. The zero-order chi connectivity index (χ0) is 24.1. The first kappa shape index (κ1) is 24.7. The van der Waals surface area contributed by atoms with Crippen molar-refractivity contribution in [3.8, 4) is 10.6 Å². The second-order valence-corrected chi connectivity index (χ2v) is 8.34. The summed E-state index contributed by atoms with van der Waals surface area (Å²) >= 11 is 0.867. The van der Waals surface area contributed by atoms with E-state index in [1.54, 1.807) is 14.2 Å². The number of amides is 1. The molecular formula is C21H26F2N6O3S. The molecule has 0 unspecified atom stereocenters. The number of carbonyl (C=O) groups is 1. The van der Waals surface area contributed by atoms with Crippen molar-refractivity contribution in [2.24, 2.45) is 16.5 Å². The molecule has 1 aliphatic rings. The summed E-state index contributed by atoms with van der Waals surface area (Å²) in [5, 5.41) is 2.75. The summed E-state index contributed by atoms with van der Waals surface area (Å²) in [5.41, 5.74) is 18.2. The standard InChI is InChI=1S/C21H26F2N6O3S/c1-27-17(14-7-6-12(25)15(31-2)9-32-14)13(8-24)28-20(30)18-19(26)33-21(29-18)10-4-3-5-11(22)16(10)23/h3-5,8,12,14-15H,6-7,9,24-26H2,1-2H3,(H,28,30)/t12-,14+,15+/m1/s1. The Balaban J connectivity index is 1.80. The zero-order valence-electron chi connectivity index (χ0n) is 18.2. The number of thiazole rings is 1. The minimum absolute atomic E-state index is 0.0390. The Hall–Kier alpha value is -2.93. The summed E-state index contributed by atoms with van der Waals surface area (Å²) in [6.07, 6.45) is 1.63. The summed E-state index contributed by atoms with van der Waals surface area (Å²) in [5.74, 6) is -2.77. The third-order valence-electron chi connectivity index (χ3n) is 5.29. The Morgan fingerprint density at radius 3 is 2.82 bits per heavy atom. The molecule has 1 aromatic carbocycles. The molecule has 9 nitrogen and oxygen atoms in total. The number of hydrogen-bond acceptors (Lipinski definition) is 9. The fourth-order valence-corrected chi connectivity index (χ4v) is 4.34.